The first-order valence-corrected chi connectivity index (χ1v) is 11.4. The van der Waals surface area contributed by atoms with Gasteiger partial charge in [-0.2, -0.15) is 18.3 Å². The highest BCUT2D eigenvalue weighted by atomic mass is 32.1. The molecule has 0 spiro atoms. The molecule has 1 aliphatic heterocycles. The molecule has 172 valence electrons. The van der Waals surface area contributed by atoms with Crippen LogP contribution in [-0.2, 0) is 0 Å². The molecule has 7 nitrogen and oxygen atoms in total. The van der Waals surface area contributed by atoms with E-state index in [0.717, 1.165) is 60.1 Å². The van der Waals surface area contributed by atoms with E-state index in [2.05, 4.69) is 25.6 Å². The van der Waals surface area contributed by atoms with Crippen LogP contribution < -0.4 is 15.5 Å². The number of carbonyl (C=O) groups is 1. The molecule has 4 heterocycles. The monoisotopic (exact) mass is 466 g/mol. The molecule has 1 aliphatic carbocycles. The van der Waals surface area contributed by atoms with Gasteiger partial charge in [-0.05, 0) is 35.8 Å². The largest absolute Gasteiger partial charge is 0.386 e. The number of nitrogens with one attached hydrogen (secondary N) is 2. The Labute approximate surface area is 187 Å². The van der Waals surface area contributed by atoms with Crippen molar-refractivity contribution in [3.8, 4) is 11.1 Å². The van der Waals surface area contributed by atoms with E-state index in [9.17, 15) is 18.0 Å². The summed E-state index contributed by atoms with van der Waals surface area (Å²) < 4.78 is 32.9. The van der Waals surface area contributed by atoms with E-state index in [1.54, 1.807) is 0 Å². The van der Waals surface area contributed by atoms with Crippen molar-refractivity contribution in [2.75, 3.05) is 37.6 Å². The van der Waals surface area contributed by atoms with Crippen molar-refractivity contribution in [3.63, 3.8) is 0 Å². The van der Waals surface area contributed by atoms with E-state index in [1.807, 2.05) is 34.6 Å². The van der Waals surface area contributed by atoms with Gasteiger partial charge in [0.1, 0.15) is 0 Å². The Bertz CT molecular complexity index is 1060. The molecule has 5 rings (SSSR count). The number of anilines is 1. The third-order valence-electron chi connectivity index (χ3n) is 5.21. The highest BCUT2D eigenvalue weighted by Gasteiger charge is 2.22. The Balaban J connectivity index is 0.000000444. The van der Waals surface area contributed by atoms with Gasteiger partial charge in [-0.15, -0.1) is 11.3 Å². The van der Waals surface area contributed by atoms with Crippen molar-refractivity contribution in [1.29, 1.82) is 0 Å². The van der Waals surface area contributed by atoms with Gasteiger partial charge < -0.3 is 15.5 Å². The molecule has 1 saturated carbocycles. The molecule has 0 aromatic carbocycles. The van der Waals surface area contributed by atoms with Gasteiger partial charge in [0.2, 0.25) is 0 Å². The summed E-state index contributed by atoms with van der Waals surface area (Å²) in [6.45, 7) is 4.91. The zero-order valence-electron chi connectivity index (χ0n) is 17.7. The number of aromatic nitrogens is 3. The zero-order chi connectivity index (χ0) is 22.7. The van der Waals surface area contributed by atoms with Crippen LogP contribution in [0.3, 0.4) is 0 Å². The zero-order valence-corrected chi connectivity index (χ0v) is 18.5. The van der Waals surface area contributed by atoms with E-state index < -0.39 is 6.18 Å². The van der Waals surface area contributed by atoms with Crippen LogP contribution in [0, 0.1) is 5.92 Å². The second-order valence-electron chi connectivity index (χ2n) is 8.01. The predicted molar refractivity (Wildman–Crippen MR) is 118 cm³/mol. The number of alkyl halides is 3. The summed E-state index contributed by atoms with van der Waals surface area (Å²) in [6, 6.07) is 1.94. The summed E-state index contributed by atoms with van der Waals surface area (Å²) in [6.07, 6.45) is 4.26. The maximum atomic E-state index is 12.3. The fourth-order valence-corrected chi connectivity index (χ4v) is 4.22. The summed E-state index contributed by atoms with van der Waals surface area (Å²) in [5.41, 5.74) is 3.86. The molecule has 3 aromatic rings. The van der Waals surface area contributed by atoms with Crippen LogP contribution in [0.2, 0.25) is 0 Å². The van der Waals surface area contributed by atoms with Crippen LogP contribution in [0.5, 0.6) is 0 Å². The molecule has 0 radical (unpaired) electrons. The average molecular weight is 467 g/mol. The Morgan fingerprint density at radius 3 is 2.69 bits per heavy atom. The number of amides is 1. The highest BCUT2D eigenvalue weighted by Crippen LogP contribution is 2.30. The van der Waals surface area contributed by atoms with Gasteiger partial charge >= 0.3 is 6.18 Å². The van der Waals surface area contributed by atoms with Gasteiger partial charge in [0.25, 0.3) is 5.91 Å². The lowest BCUT2D eigenvalue weighted by Gasteiger charge is -2.28. The SMILES string of the molecule is CC(F)(F)F.O=C(NCC1CC1)c1cc(-c2cnn3cc(N4CCNCC4)cnc23)cs1. The standard InChI is InChI=1S/C19H22N6OS.C2H3F3/c26-19(22-8-13-1-2-13)17-7-14(12-27-17)16-10-23-25-11-15(9-21-18(16)25)24-5-3-20-4-6-24;1-2(3,4)5/h7,9-13,20H,1-6,8H2,(H,22,26);1H3. The molecule has 1 saturated heterocycles. The van der Waals surface area contributed by atoms with Crippen LogP contribution >= 0.6 is 11.3 Å². The second-order valence-corrected chi connectivity index (χ2v) is 8.92. The molecule has 0 bridgehead atoms. The molecule has 0 unspecified atom stereocenters. The van der Waals surface area contributed by atoms with E-state index in [4.69, 9.17) is 0 Å². The lowest BCUT2D eigenvalue weighted by atomic mass is 10.2. The molecule has 2 fully saturated rings. The van der Waals surface area contributed by atoms with Gasteiger partial charge in [-0.1, -0.05) is 0 Å². The fourth-order valence-electron chi connectivity index (χ4n) is 3.40. The van der Waals surface area contributed by atoms with Crippen LogP contribution in [-0.4, -0.2) is 59.4 Å². The number of rotatable bonds is 5. The number of carbonyl (C=O) groups excluding carboxylic acids is 1. The second kappa shape index (κ2) is 9.45. The van der Waals surface area contributed by atoms with E-state index in [-0.39, 0.29) is 12.8 Å². The minimum atomic E-state index is -4.00. The molecule has 2 N–H and O–H groups in total. The third kappa shape index (κ3) is 5.98. The molecule has 3 aromatic heterocycles. The molecular formula is C21H25F3N6OS. The number of piperazine rings is 1. The first-order valence-electron chi connectivity index (χ1n) is 10.5. The van der Waals surface area contributed by atoms with Gasteiger partial charge in [0.05, 0.1) is 29.2 Å². The highest BCUT2D eigenvalue weighted by molar-refractivity contribution is 7.12. The quantitative estimate of drug-likeness (QED) is 0.601. The molecule has 1 amide bonds. The van der Waals surface area contributed by atoms with Crippen molar-refractivity contribution in [1.82, 2.24) is 25.2 Å². The number of halogens is 3. The Hall–Kier alpha value is -2.66. The topological polar surface area (TPSA) is 74.6 Å². The number of thiophene rings is 1. The molecule has 11 heteroatoms. The van der Waals surface area contributed by atoms with E-state index >= 15 is 0 Å². The average Bonchev–Trinajstić information content (AvgIpc) is 3.29. The van der Waals surface area contributed by atoms with Gasteiger partial charge in [0, 0.05) is 45.2 Å². The first-order chi connectivity index (χ1) is 15.3. The van der Waals surface area contributed by atoms with Crippen molar-refractivity contribution >= 4 is 28.6 Å². The summed E-state index contributed by atoms with van der Waals surface area (Å²) in [4.78, 5) is 20.0. The molecule has 32 heavy (non-hydrogen) atoms. The summed E-state index contributed by atoms with van der Waals surface area (Å²) in [5, 5.41) is 12.9. The Kier molecular flexibility index (Phi) is 6.66. The van der Waals surface area contributed by atoms with Crippen LogP contribution in [0.1, 0.15) is 29.4 Å². The third-order valence-corrected chi connectivity index (χ3v) is 6.14. The normalized spacial score (nSPS) is 16.6. The predicted octanol–water partition coefficient (Wildman–Crippen LogP) is 3.58. The summed E-state index contributed by atoms with van der Waals surface area (Å²) in [7, 11) is 0. The fraction of sp³-hybridized carbons (Fsp3) is 0.476. The van der Waals surface area contributed by atoms with Gasteiger partial charge in [-0.3, -0.25) is 4.79 Å². The van der Waals surface area contributed by atoms with Crippen molar-refractivity contribution in [2.24, 2.45) is 5.92 Å². The smallest absolute Gasteiger partial charge is 0.366 e. The Morgan fingerprint density at radius 2 is 2.00 bits per heavy atom. The molecule has 2 aliphatic rings. The minimum Gasteiger partial charge on any atom is -0.366 e. The molecular weight excluding hydrogens is 441 g/mol. The van der Waals surface area contributed by atoms with Crippen molar-refractivity contribution in [2.45, 2.75) is 25.9 Å². The number of hydrogen-bond donors (Lipinski definition) is 2. The maximum Gasteiger partial charge on any atom is 0.386 e. The van der Waals surface area contributed by atoms with Crippen LogP contribution in [0.15, 0.2) is 30.0 Å². The van der Waals surface area contributed by atoms with E-state index in [0.29, 0.717) is 5.92 Å². The van der Waals surface area contributed by atoms with Crippen molar-refractivity contribution in [3.05, 3.63) is 34.9 Å². The van der Waals surface area contributed by atoms with E-state index in [1.165, 1.54) is 24.2 Å². The van der Waals surface area contributed by atoms with Crippen molar-refractivity contribution < 1.29 is 18.0 Å². The minimum absolute atomic E-state index is 0.0172. The lowest BCUT2D eigenvalue weighted by Crippen LogP contribution is -2.43. The van der Waals surface area contributed by atoms with Crippen LogP contribution in [0.25, 0.3) is 16.8 Å². The number of fused-ring (bicyclic) bond motifs is 1. The maximum absolute atomic E-state index is 12.3. The number of hydrogen-bond acceptors (Lipinski definition) is 6. The van der Waals surface area contributed by atoms with Gasteiger partial charge in [0.15, 0.2) is 5.65 Å². The van der Waals surface area contributed by atoms with Gasteiger partial charge in [-0.25, -0.2) is 9.50 Å². The summed E-state index contributed by atoms with van der Waals surface area (Å²) >= 11 is 1.47. The summed E-state index contributed by atoms with van der Waals surface area (Å²) in [5.74, 6) is 0.700. The lowest BCUT2D eigenvalue weighted by molar-refractivity contribution is -0.110. The first kappa shape index (κ1) is 22.5. The Morgan fingerprint density at radius 1 is 1.28 bits per heavy atom. The molecule has 0 atom stereocenters. The van der Waals surface area contributed by atoms with Crippen LogP contribution in [0.4, 0.5) is 18.9 Å². The number of nitrogens with zero attached hydrogens (tertiary/aromatic N) is 4.